The Morgan fingerprint density at radius 2 is 1.56 bits per heavy atom. The maximum absolute atomic E-state index is 13.4. The van der Waals surface area contributed by atoms with Crippen molar-refractivity contribution in [2.24, 2.45) is 5.10 Å². The molecular formula is C24H24ClN3O3S. The Labute approximate surface area is 193 Å². The fraction of sp³-hybridized carbons (Fsp3) is 0.167. The highest BCUT2D eigenvalue weighted by atomic mass is 35.5. The predicted molar refractivity (Wildman–Crippen MR) is 129 cm³/mol. The third-order valence-corrected chi connectivity index (χ3v) is 7.07. The molecule has 0 atom stereocenters. The van der Waals surface area contributed by atoms with E-state index in [1.54, 1.807) is 37.3 Å². The van der Waals surface area contributed by atoms with E-state index in [4.69, 9.17) is 11.6 Å². The Balaban J connectivity index is 1.89. The summed E-state index contributed by atoms with van der Waals surface area (Å²) in [5.41, 5.74) is 6.14. The zero-order chi connectivity index (χ0) is 23.3. The van der Waals surface area contributed by atoms with Crippen molar-refractivity contribution in [3.05, 3.63) is 94.0 Å². The van der Waals surface area contributed by atoms with Crippen LogP contribution in [0.4, 0.5) is 5.69 Å². The first-order valence-corrected chi connectivity index (χ1v) is 11.7. The van der Waals surface area contributed by atoms with Crippen LogP contribution in [0.3, 0.4) is 0 Å². The van der Waals surface area contributed by atoms with E-state index >= 15 is 0 Å². The Bertz CT molecular complexity index is 1240. The number of benzene rings is 3. The van der Waals surface area contributed by atoms with E-state index < -0.39 is 22.5 Å². The van der Waals surface area contributed by atoms with Crippen LogP contribution in [0, 0.1) is 20.8 Å². The van der Waals surface area contributed by atoms with Crippen LogP contribution in [0.2, 0.25) is 5.02 Å². The van der Waals surface area contributed by atoms with Gasteiger partial charge in [-0.25, -0.2) is 13.8 Å². The van der Waals surface area contributed by atoms with Gasteiger partial charge in [0.1, 0.15) is 6.54 Å². The second-order valence-corrected chi connectivity index (χ2v) is 9.68. The zero-order valence-corrected chi connectivity index (χ0v) is 19.6. The summed E-state index contributed by atoms with van der Waals surface area (Å²) in [5, 5.41) is 4.36. The molecule has 8 heteroatoms. The van der Waals surface area contributed by atoms with Gasteiger partial charge in [-0.2, -0.15) is 5.10 Å². The van der Waals surface area contributed by atoms with E-state index in [-0.39, 0.29) is 4.90 Å². The van der Waals surface area contributed by atoms with Gasteiger partial charge in [-0.1, -0.05) is 65.2 Å². The second-order valence-electron chi connectivity index (χ2n) is 7.41. The second kappa shape index (κ2) is 9.97. The lowest BCUT2D eigenvalue weighted by atomic mass is 10.2. The fourth-order valence-corrected chi connectivity index (χ4v) is 4.65. The molecule has 6 nitrogen and oxygen atoms in total. The molecule has 3 rings (SSSR count). The Morgan fingerprint density at radius 3 is 2.19 bits per heavy atom. The lowest BCUT2D eigenvalue weighted by molar-refractivity contribution is -0.119. The van der Waals surface area contributed by atoms with E-state index in [1.165, 1.54) is 18.3 Å². The van der Waals surface area contributed by atoms with Gasteiger partial charge >= 0.3 is 0 Å². The number of halogens is 1. The van der Waals surface area contributed by atoms with Crippen LogP contribution in [-0.4, -0.2) is 27.1 Å². The van der Waals surface area contributed by atoms with E-state index in [0.717, 1.165) is 21.0 Å². The number of aryl methyl sites for hydroxylation is 2. The highest BCUT2D eigenvalue weighted by Gasteiger charge is 2.28. The SMILES string of the molecule is Cc1ccc(/C=N\NC(=O)CN(c2cccc(Cl)c2C)S(=O)(=O)c2ccc(C)cc2)cc1. The number of nitrogens with zero attached hydrogens (tertiary/aromatic N) is 2. The minimum atomic E-state index is -4.03. The summed E-state index contributed by atoms with van der Waals surface area (Å²) in [6.45, 7) is 5.10. The van der Waals surface area contributed by atoms with Gasteiger partial charge in [-0.3, -0.25) is 9.10 Å². The minimum Gasteiger partial charge on any atom is -0.271 e. The monoisotopic (exact) mass is 469 g/mol. The highest BCUT2D eigenvalue weighted by Crippen LogP contribution is 2.30. The molecule has 0 fully saturated rings. The molecule has 3 aromatic carbocycles. The van der Waals surface area contributed by atoms with E-state index in [0.29, 0.717) is 16.3 Å². The summed E-state index contributed by atoms with van der Waals surface area (Å²) in [7, 11) is -4.03. The minimum absolute atomic E-state index is 0.0819. The number of amides is 1. The molecule has 0 saturated heterocycles. The average Bonchev–Trinajstić information content (AvgIpc) is 2.76. The van der Waals surface area contributed by atoms with Crippen LogP contribution in [0.15, 0.2) is 76.7 Å². The molecule has 1 amide bonds. The summed E-state index contributed by atoms with van der Waals surface area (Å²) < 4.78 is 27.9. The van der Waals surface area contributed by atoms with Gasteiger partial charge < -0.3 is 0 Å². The molecule has 0 heterocycles. The summed E-state index contributed by atoms with van der Waals surface area (Å²) in [6, 6.07) is 19.0. The molecule has 0 aromatic heterocycles. The highest BCUT2D eigenvalue weighted by molar-refractivity contribution is 7.92. The van der Waals surface area contributed by atoms with Crippen LogP contribution < -0.4 is 9.73 Å². The Hall–Kier alpha value is -3.16. The summed E-state index contributed by atoms with van der Waals surface area (Å²) in [5.74, 6) is -0.580. The first kappa shape index (κ1) is 23.5. The summed E-state index contributed by atoms with van der Waals surface area (Å²) in [4.78, 5) is 12.7. The molecule has 3 aromatic rings. The lowest BCUT2D eigenvalue weighted by Crippen LogP contribution is -2.40. The van der Waals surface area contributed by atoms with Crippen LogP contribution >= 0.6 is 11.6 Å². The maximum atomic E-state index is 13.4. The van der Waals surface area contributed by atoms with E-state index in [9.17, 15) is 13.2 Å². The van der Waals surface area contributed by atoms with Crippen LogP contribution in [0.1, 0.15) is 22.3 Å². The third-order valence-electron chi connectivity index (χ3n) is 4.88. The van der Waals surface area contributed by atoms with Crippen molar-refractivity contribution in [3.8, 4) is 0 Å². The van der Waals surface area contributed by atoms with Crippen molar-refractivity contribution >= 4 is 39.4 Å². The molecule has 0 saturated carbocycles. The largest absolute Gasteiger partial charge is 0.271 e. The van der Waals surface area contributed by atoms with Gasteiger partial charge in [0, 0.05) is 5.02 Å². The summed E-state index contributed by atoms with van der Waals surface area (Å²) in [6.07, 6.45) is 1.50. The number of hydrogen-bond acceptors (Lipinski definition) is 4. The number of carbonyl (C=O) groups excluding carboxylic acids is 1. The summed E-state index contributed by atoms with van der Waals surface area (Å²) >= 11 is 6.23. The molecule has 0 aliphatic rings. The number of carbonyl (C=O) groups is 1. The maximum Gasteiger partial charge on any atom is 0.264 e. The van der Waals surface area contributed by atoms with Crippen LogP contribution in [0.25, 0.3) is 0 Å². The van der Waals surface area contributed by atoms with Crippen molar-refractivity contribution in [3.63, 3.8) is 0 Å². The zero-order valence-electron chi connectivity index (χ0n) is 18.0. The number of rotatable bonds is 7. The van der Waals surface area contributed by atoms with Crippen molar-refractivity contribution < 1.29 is 13.2 Å². The number of sulfonamides is 1. The van der Waals surface area contributed by atoms with Crippen molar-refractivity contribution in [1.82, 2.24) is 5.43 Å². The molecule has 0 bridgehead atoms. The third kappa shape index (κ3) is 5.55. The predicted octanol–water partition coefficient (Wildman–Crippen LogP) is 4.61. The molecule has 0 aliphatic carbocycles. The smallest absolute Gasteiger partial charge is 0.264 e. The number of nitrogens with one attached hydrogen (secondary N) is 1. The topological polar surface area (TPSA) is 78.8 Å². The Kier molecular flexibility index (Phi) is 7.33. The van der Waals surface area contributed by atoms with Gasteiger partial charge in [0.15, 0.2) is 0 Å². The molecule has 1 N–H and O–H groups in total. The number of hydrazone groups is 1. The van der Waals surface area contributed by atoms with Gasteiger partial charge in [-0.15, -0.1) is 0 Å². The molecule has 0 radical (unpaired) electrons. The average molecular weight is 470 g/mol. The molecule has 0 unspecified atom stereocenters. The van der Waals surface area contributed by atoms with Crippen molar-refractivity contribution in [1.29, 1.82) is 0 Å². The van der Waals surface area contributed by atoms with E-state index in [2.05, 4.69) is 10.5 Å². The standard InChI is InChI=1S/C24H24ClN3O3S/c1-17-7-11-20(12-8-17)15-26-27-24(29)16-28(23-6-4-5-22(25)19(23)3)32(30,31)21-13-9-18(2)10-14-21/h4-15H,16H2,1-3H3,(H,27,29)/b26-15-. The Morgan fingerprint density at radius 1 is 0.969 bits per heavy atom. The van der Waals surface area contributed by atoms with Crippen molar-refractivity contribution in [2.75, 3.05) is 10.8 Å². The molecular weight excluding hydrogens is 446 g/mol. The molecule has 166 valence electrons. The first-order valence-electron chi connectivity index (χ1n) is 9.91. The fourth-order valence-electron chi connectivity index (χ4n) is 3.00. The van der Waals surface area contributed by atoms with Gasteiger partial charge in [0.25, 0.3) is 15.9 Å². The van der Waals surface area contributed by atoms with Crippen molar-refractivity contribution in [2.45, 2.75) is 25.7 Å². The van der Waals surface area contributed by atoms with Crippen LogP contribution in [0.5, 0.6) is 0 Å². The number of anilines is 1. The molecule has 0 aliphatic heterocycles. The first-order chi connectivity index (χ1) is 15.2. The lowest BCUT2D eigenvalue weighted by Gasteiger charge is -2.25. The van der Waals surface area contributed by atoms with Gasteiger partial charge in [0.05, 0.1) is 16.8 Å². The number of hydrogen-bond donors (Lipinski definition) is 1. The molecule has 32 heavy (non-hydrogen) atoms. The normalized spacial score (nSPS) is 11.5. The van der Waals surface area contributed by atoms with E-state index in [1.807, 2.05) is 38.1 Å². The van der Waals surface area contributed by atoms with Crippen LogP contribution in [-0.2, 0) is 14.8 Å². The van der Waals surface area contributed by atoms with Gasteiger partial charge in [-0.05, 0) is 56.2 Å². The quantitative estimate of drug-likeness (QED) is 0.405. The molecule has 0 spiro atoms. The van der Waals surface area contributed by atoms with Gasteiger partial charge in [0.2, 0.25) is 0 Å².